The Kier molecular flexibility index (Phi) is 5.13. The summed E-state index contributed by atoms with van der Waals surface area (Å²) in [5, 5.41) is 3.52. The average molecular weight is 384 g/mol. The highest BCUT2D eigenvalue weighted by Gasteiger charge is 2.16. The first-order valence-corrected chi connectivity index (χ1v) is 7.80. The van der Waals surface area contributed by atoms with Crippen LogP contribution in [-0.4, -0.2) is 11.5 Å². The van der Waals surface area contributed by atoms with Crippen LogP contribution < -0.4 is 5.32 Å². The molecule has 1 heterocycles. The molecule has 0 aliphatic carbocycles. The third-order valence-corrected chi connectivity index (χ3v) is 4.12. The molecule has 2 aromatic rings. The lowest BCUT2D eigenvalue weighted by molar-refractivity contribution is 0.626. The van der Waals surface area contributed by atoms with E-state index in [0.29, 0.717) is 0 Å². The normalized spacial score (nSPS) is 12.4. The van der Waals surface area contributed by atoms with E-state index in [-0.39, 0.29) is 6.04 Å². The number of aryl methyl sites for hydroxylation is 1. The molecule has 0 spiro atoms. The Balaban J connectivity index is 2.48. The van der Waals surface area contributed by atoms with Crippen LogP contribution in [0.25, 0.3) is 0 Å². The van der Waals surface area contributed by atoms with Crippen molar-refractivity contribution in [3.63, 3.8) is 0 Å². The van der Waals surface area contributed by atoms with Crippen LogP contribution in [0.1, 0.15) is 29.7 Å². The Labute approximate surface area is 130 Å². The third-order valence-electron chi connectivity index (χ3n) is 2.91. The molecule has 0 amide bonds. The molecule has 0 bridgehead atoms. The first-order valence-electron chi connectivity index (χ1n) is 6.21. The average Bonchev–Trinajstić information content (AvgIpc) is 2.39. The van der Waals surface area contributed by atoms with Crippen molar-refractivity contribution < 1.29 is 0 Å². The van der Waals surface area contributed by atoms with Crippen LogP contribution in [-0.2, 0) is 0 Å². The Morgan fingerprint density at radius 1 is 1.21 bits per heavy atom. The summed E-state index contributed by atoms with van der Waals surface area (Å²) in [5.74, 6) is 0. The van der Waals surface area contributed by atoms with Crippen molar-refractivity contribution in [1.82, 2.24) is 10.3 Å². The molecule has 0 saturated heterocycles. The summed E-state index contributed by atoms with van der Waals surface area (Å²) in [4.78, 5) is 4.30. The van der Waals surface area contributed by atoms with E-state index in [1.54, 1.807) is 0 Å². The number of nitrogens with zero attached hydrogens (tertiary/aromatic N) is 1. The van der Waals surface area contributed by atoms with Gasteiger partial charge in [0.05, 0.1) is 6.04 Å². The van der Waals surface area contributed by atoms with E-state index in [4.69, 9.17) is 0 Å². The maximum atomic E-state index is 4.30. The summed E-state index contributed by atoms with van der Waals surface area (Å²) in [7, 11) is 0. The van der Waals surface area contributed by atoms with E-state index >= 15 is 0 Å². The summed E-state index contributed by atoms with van der Waals surface area (Å²) in [6, 6.07) is 8.55. The van der Waals surface area contributed by atoms with Gasteiger partial charge in [0.15, 0.2) is 0 Å². The third kappa shape index (κ3) is 3.65. The fraction of sp³-hybridized carbons (Fsp3) is 0.267. The molecule has 19 heavy (non-hydrogen) atoms. The maximum Gasteiger partial charge on any atom is 0.0603 e. The van der Waals surface area contributed by atoms with Gasteiger partial charge in [0, 0.05) is 21.3 Å². The van der Waals surface area contributed by atoms with Crippen molar-refractivity contribution >= 4 is 31.9 Å². The van der Waals surface area contributed by atoms with Gasteiger partial charge in [-0.05, 0) is 48.4 Å². The minimum Gasteiger partial charge on any atom is -0.306 e. The molecule has 0 aliphatic heterocycles. The van der Waals surface area contributed by atoms with Crippen LogP contribution in [0.2, 0.25) is 0 Å². The predicted molar refractivity (Wildman–Crippen MR) is 86.3 cm³/mol. The lowest BCUT2D eigenvalue weighted by atomic mass is 9.99. The summed E-state index contributed by atoms with van der Waals surface area (Å²) >= 11 is 7.17. The van der Waals surface area contributed by atoms with Crippen molar-refractivity contribution in [2.24, 2.45) is 0 Å². The smallest absolute Gasteiger partial charge is 0.0603 e. The number of benzene rings is 1. The van der Waals surface area contributed by atoms with Gasteiger partial charge >= 0.3 is 0 Å². The number of hydrogen-bond acceptors (Lipinski definition) is 2. The summed E-state index contributed by atoms with van der Waals surface area (Å²) < 4.78 is 2.18. The van der Waals surface area contributed by atoms with Crippen LogP contribution in [0, 0.1) is 6.92 Å². The van der Waals surface area contributed by atoms with Gasteiger partial charge in [0.2, 0.25) is 0 Å². The van der Waals surface area contributed by atoms with Crippen molar-refractivity contribution in [1.29, 1.82) is 0 Å². The van der Waals surface area contributed by atoms with E-state index in [1.165, 1.54) is 16.7 Å². The first-order chi connectivity index (χ1) is 9.11. The number of hydrogen-bond donors (Lipinski definition) is 1. The van der Waals surface area contributed by atoms with Gasteiger partial charge in [-0.15, -0.1) is 0 Å². The second kappa shape index (κ2) is 6.64. The molecule has 0 radical (unpaired) electrons. The largest absolute Gasteiger partial charge is 0.306 e. The van der Waals surface area contributed by atoms with E-state index in [2.05, 4.69) is 74.2 Å². The highest BCUT2D eigenvalue weighted by atomic mass is 79.9. The second-order valence-electron chi connectivity index (χ2n) is 4.45. The topological polar surface area (TPSA) is 24.9 Å². The number of nitrogens with one attached hydrogen (secondary N) is 1. The molecule has 0 fully saturated rings. The molecule has 1 atom stereocenters. The molecule has 2 nitrogen and oxygen atoms in total. The quantitative estimate of drug-likeness (QED) is 0.833. The first kappa shape index (κ1) is 14.7. The number of pyridine rings is 1. The van der Waals surface area contributed by atoms with E-state index in [1.807, 2.05) is 18.5 Å². The lowest BCUT2D eigenvalue weighted by Gasteiger charge is -2.20. The molecule has 1 N–H and O–H groups in total. The zero-order valence-corrected chi connectivity index (χ0v) is 14.1. The Hall–Kier alpha value is -0.710. The van der Waals surface area contributed by atoms with Gasteiger partial charge in [0.1, 0.15) is 0 Å². The lowest BCUT2D eigenvalue weighted by Crippen LogP contribution is -2.22. The minimum atomic E-state index is 0.143. The van der Waals surface area contributed by atoms with Crippen LogP contribution in [0.5, 0.6) is 0 Å². The van der Waals surface area contributed by atoms with E-state index in [0.717, 1.165) is 15.5 Å². The summed E-state index contributed by atoms with van der Waals surface area (Å²) in [5.41, 5.74) is 3.57. The van der Waals surface area contributed by atoms with Gasteiger partial charge < -0.3 is 5.32 Å². The van der Waals surface area contributed by atoms with Gasteiger partial charge in [-0.3, -0.25) is 4.98 Å². The van der Waals surface area contributed by atoms with Gasteiger partial charge in [0.25, 0.3) is 0 Å². The number of rotatable bonds is 4. The fourth-order valence-electron chi connectivity index (χ4n) is 2.08. The molecule has 4 heteroatoms. The standard InChI is InChI=1S/C15H16Br2N2/c1-3-19-15(11-6-10(2)8-18-9-11)13-7-12(16)4-5-14(13)17/h4-9,15,19H,3H2,1-2H3. The number of aromatic nitrogens is 1. The van der Waals surface area contributed by atoms with Crippen LogP contribution >= 0.6 is 31.9 Å². The maximum absolute atomic E-state index is 4.30. The molecule has 100 valence electrons. The summed E-state index contributed by atoms with van der Waals surface area (Å²) in [6.07, 6.45) is 3.80. The molecular weight excluding hydrogens is 368 g/mol. The Morgan fingerprint density at radius 2 is 2.00 bits per heavy atom. The van der Waals surface area contributed by atoms with Crippen molar-refractivity contribution in [2.45, 2.75) is 19.9 Å². The minimum absolute atomic E-state index is 0.143. The molecular formula is C15H16Br2N2. The Morgan fingerprint density at radius 3 is 2.68 bits per heavy atom. The van der Waals surface area contributed by atoms with Crippen molar-refractivity contribution in [3.8, 4) is 0 Å². The zero-order valence-electron chi connectivity index (χ0n) is 11.0. The fourth-order valence-corrected chi connectivity index (χ4v) is 2.94. The molecule has 2 rings (SSSR count). The zero-order chi connectivity index (χ0) is 13.8. The molecule has 1 aromatic carbocycles. The van der Waals surface area contributed by atoms with Crippen LogP contribution in [0.4, 0.5) is 0 Å². The van der Waals surface area contributed by atoms with Gasteiger partial charge in [-0.25, -0.2) is 0 Å². The molecule has 1 unspecified atom stereocenters. The second-order valence-corrected chi connectivity index (χ2v) is 6.22. The predicted octanol–water partition coefficient (Wildman–Crippen LogP) is 4.61. The van der Waals surface area contributed by atoms with Crippen molar-refractivity contribution in [2.75, 3.05) is 6.54 Å². The monoisotopic (exact) mass is 382 g/mol. The summed E-state index contributed by atoms with van der Waals surface area (Å²) in [6.45, 7) is 5.08. The number of halogens is 2. The van der Waals surface area contributed by atoms with Gasteiger partial charge in [-0.2, -0.15) is 0 Å². The van der Waals surface area contributed by atoms with Crippen molar-refractivity contribution in [3.05, 3.63) is 62.3 Å². The van der Waals surface area contributed by atoms with Gasteiger partial charge in [-0.1, -0.05) is 44.8 Å². The SMILES string of the molecule is CCNC(c1cncc(C)c1)c1cc(Br)ccc1Br. The van der Waals surface area contributed by atoms with E-state index in [9.17, 15) is 0 Å². The molecule has 1 aromatic heterocycles. The molecule has 0 aliphatic rings. The van der Waals surface area contributed by atoms with Crippen LogP contribution in [0.3, 0.4) is 0 Å². The highest BCUT2D eigenvalue weighted by Crippen LogP contribution is 2.31. The Bertz CT molecular complexity index is 570. The highest BCUT2D eigenvalue weighted by molar-refractivity contribution is 9.11. The van der Waals surface area contributed by atoms with Crippen LogP contribution in [0.15, 0.2) is 45.6 Å². The van der Waals surface area contributed by atoms with E-state index < -0.39 is 0 Å². The molecule has 0 saturated carbocycles.